The third-order valence-corrected chi connectivity index (χ3v) is 3.30. The van der Waals surface area contributed by atoms with Gasteiger partial charge in [-0.15, -0.1) is 11.3 Å². The number of ether oxygens (including phenoxy) is 1. The highest BCUT2D eigenvalue weighted by Crippen LogP contribution is 2.22. The summed E-state index contributed by atoms with van der Waals surface area (Å²) in [5.41, 5.74) is 0. The van der Waals surface area contributed by atoms with Gasteiger partial charge < -0.3 is 14.5 Å². The van der Waals surface area contributed by atoms with Crippen LogP contribution < -0.4 is 10.1 Å². The van der Waals surface area contributed by atoms with Crippen LogP contribution in [0.15, 0.2) is 22.1 Å². The Balaban J connectivity index is 2.02. The molecule has 0 saturated heterocycles. The van der Waals surface area contributed by atoms with Crippen LogP contribution in [0.1, 0.15) is 34.3 Å². The van der Waals surface area contributed by atoms with Crippen molar-refractivity contribution in [3.8, 4) is 5.75 Å². The number of rotatable bonds is 4. The van der Waals surface area contributed by atoms with Gasteiger partial charge in [0.25, 0.3) is 5.91 Å². The van der Waals surface area contributed by atoms with Gasteiger partial charge in [-0.25, -0.2) is 4.98 Å². The molecule has 0 fully saturated rings. The van der Waals surface area contributed by atoms with Crippen LogP contribution in [-0.4, -0.2) is 18.0 Å². The van der Waals surface area contributed by atoms with Crippen molar-refractivity contribution in [1.82, 2.24) is 10.3 Å². The van der Waals surface area contributed by atoms with E-state index in [-0.39, 0.29) is 11.9 Å². The molecule has 2 aromatic heterocycles. The van der Waals surface area contributed by atoms with E-state index >= 15 is 0 Å². The fourth-order valence-electron chi connectivity index (χ4n) is 1.45. The van der Waals surface area contributed by atoms with Gasteiger partial charge in [0, 0.05) is 11.4 Å². The highest BCUT2D eigenvalue weighted by Gasteiger charge is 2.16. The maximum Gasteiger partial charge on any atom is 0.262 e. The summed E-state index contributed by atoms with van der Waals surface area (Å²) in [4.78, 5) is 16.6. The van der Waals surface area contributed by atoms with E-state index in [4.69, 9.17) is 9.15 Å². The summed E-state index contributed by atoms with van der Waals surface area (Å²) in [6, 6.07) is 1.44. The lowest BCUT2D eigenvalue weighted by Crippen LogP contribution is -2.26. The second kappa shape index (κ2) is 5.22. The summed E-state index contributed by atoms with van der Waals surface area (Å²) in [5.74, 6) is 1.75. The van der Waals surface area contributed by atoms with Crippen LogP contribution >= 0.6 is 11.3 Å². The number of hydrogen-bond acceptors (Lipinski definition) is 5. The predicted molar refractivity (Wildman–Crippen MR) is 68.0 cm³/mol. The van der Waals surface area contributed by atoms with E-state index in [2.05, 4.69) is 10.3 Å². The van der Waals surface area contributed by atoms with Crippen molar-refractivity contribution < 1.29 is 13.9 Å². The van der Waals surface area contributed by atoms with Crippen molar-refractivity contribution >= 4 is 17.2 Å². The number of carbonyl (C=O) groups excluding carboxylic acids is 1. The number of thiophene rings is 1. The number of nitrogens with one attached hydrogen (secondary N) is 1. The Labute approximate surface area is 109 Å². The molecule has 1 N–H and O–H groups in total. The summed E-state index contributed by atoms with van der Waals surface area (Å²) >= 11 is 1.34. The molecular weight excluding hydrogens is 252 g/mol. The average Bonchev–Trinajstić information content (AvgIpc) is 2.97. The zero-order chi connectivity index (χ0) is 13.1. The quantitative estimate of drug-likeness (QED) is 0.923. The second-order valence-corrected chi connectivity index (χ2v) is 4.77. The van der Waals surface area contributed by atoms with Crippen LogP contribution in [0.3, 0.4) is 0 Å². The molecule has 0 aromatic carbocycles. The van der Waals surface area contributed by atoms with E-state index < -0.39 is 0 Å². The second-order valence-electron chi connectivity index (χ2n) is 3.86. The molecule has 0 aliphatic heterocycles. The molecule has 6 heteroatoms. The van der Waals surface area contributed by atoms with Gasteiger partial charge in [-0.05, 0) is 13.8 Å². The zero-order valence-electron chi connectivity index (χ0n) is 10.4. The van der Waals surface area contributed by atoms with Gasteiger partial charge >= 0.3 is 0 Å². The molecule has 2 rings (SSSR count). The van der Waals surface area contributed by atoms with Crippen molar-refractivity contribution in [3.05, 3.63) is 34.2 Å². The smallest absolute Gasteiger partial charge is 0.262 e. The molecule has 2 heterocycles. The number of nitrogens with zero attached hydrogens (tertiary/aromatic N) is 1. The maximum absolute atomic E-state index is 11.9. The third-order valence-electron chi connectivity index (χ3n) is 2.39. The first kappa shape index (κ1) is 12.6. The molecule has 1 atom stereocenters. The topological polar surface area (TPSA) is 64.4 Å². The molecule has 0 unspecified atom stereocenters. The van der Waals surface area contributed by atoms with Gasteiger partial charge in [-0.3, -0.25) is 4.79 Å². The van der Waals surface area contributed by atoms with E-state index in [9.17, 15) is 4.79 Å². The highest BCUT2D eigenvalue weighted by atomic mass is 32.1. The average molecular weight is 266 g/mol. The molecule has 0 aliphatic carbocycles. The number of aryl methyl sites for hydroxylation is 1. The summed E-state index contributed by atoms with van der Waals surface area (Å²) < 4.78 is 10.4. The lowest BCUT2D eigenvalue weighted by Gasteiger charge is -2.08. The number of hydrogen-bond donors (Lipinski definition) is 1. The van der Waals surface area contributed by atoms with E-state index in [0.717, 1.165) is 5.76 Å². The van der Waals surface area contributed by atoms with Crippen LogP contribution in [0, 0.1) is 6.92 Å². The summed E-state index contributed by atoms with van der Waals surface area (Å²) in [7, 11) is 1.57. The molecule has 1 amide bonds. The molecular formula is C12H14N2O3S. The first-order chi connectivity index (χ1) is 8.60. The van der Waals surface area contributed by atoms with Gasteiger partial charge in [0.2, 0.25) is 5.89 Å². The summed E-state index contributed by atoms with van der Waals surface area (Å²) in [6.07, 6.45) is 1.63. The number of aromatic nitrogens is 1. The first-order valence-electron chi connectivity index (χ1n) is 5.46. The zero-order valence-corrected chi connectivity index (χ0v) is 11.2. The van der Waals surface area contributed by atoms with Gasteiger partial charge in [0.05, 0.1) is 18.2 Å². The molecule has 0 aliphatic rings. The Morgan fingerprint density at radius 1 is 1.61 bits per heavy atom. The summed E-state index contributed by atoms with van der Waals surface area (Å²) in [6.45, 7) is 3.64. The maximum atomic E-state index is 11.9. The highest BCUT2D eigenvalue weighted by molar-refractivity contribution is 7.12. The number of carbonyl (C=O) groups is 1. The summed E-state index contributed by atoms with van der Waals surface area (Å²) in [5, 5.41) is 4.61. The first-order valence-corrected chi connectivity index (χ1v) is 6.34. The van der Waals surface area contributed by atoms with Crippen LogP contribution in [0.25, 0.3) is 0 Å². The van der Waals surface area contributed by atoms with Gasteiger partial charge in [-0.1, -0.05) is 0 Å². The molecule has 0 saturated carbocycles. The van der Waals surface area contributed by atoms with Crippen molar-refractivity contribution in [2.45, 2.75) is 19.9 Å². The Morgan fingerprint density at radius 3 is 2.94 bits per heavy atom. The van der Waals surface area contributed by atoms with E-state index in [1.807, 2.05) is 13.8 Å². The third kappa shape index (κ3) is 2.70. The van der Waals surface area contributed by atoms with Crippen LogP contribution in [0.2, 0.25) is 0 Å². The Kier molecular flexibility index (Phi) is 3.66. The van der Waals surface area contributed by atoms with Crippen molar-refractivity contribution in [3.63, 3.8) is 0 Å². The minimum absolute atomic E-state index is 0.161. The van der Waals surface area contributed by atoms with Gasteiger partial charge in [-0.2, -0.15) is 0 Å². The molecule has 0 bridgehead atoms. The fraction of sp³-hybridized carbons (Fsp3) is 0.333. The predicted octanol–water partition coefficient (Wildman–Crippen LogP) is 2.54. The van der Waals surface area contributed by atoms with Crippen molar-refractivity contribution in [1.29, 1.82) is 0 Å². The normalized spacial score (nSPS) is 12.2. The minimum Gasteiger partial charge on any atom is -0.496 e. The van der Waals surface area contributed by atoms with E-state index in [0.29, 0.717) is 16.5 Å². The number of methoxy groups -OCH3 is 1. The molecule has 18 heavy (non-hydrogen) atoms. The standard InChI is InChI=1S/C12H14N2O3S/c1-7-5-13-12(17-7)8(2)14-11(15)10-4-9(16-3)6-18-10/h4-6,8H,1-3H3,(H,14,15)/t8-/m0/s1. The van der Waals surface area contributed by atoms with Crippen molar-refractivity contribution in [2.24, 2.45) is 0 Å². The monoisotopic (exact) mass is 266 g/mol. The van der Waals surface area contributed by atoms with Crippen LogP contribution in [0.4, 0.5) is 0 Å². The lowest BCUT2D eigenvalue weighted by molar-refractivity contribution is 0.0938. The molecule has 0 radical (unpaired) electrons. The van der Waals surface area contributed by atoms with Crippen molar-refractivity contribution in [2.75, 3.05) is 7.11 Å². The van der Waals surface area contributed by atoms with Gasteiger partial charge in [0.1, 0.15) is 17.6 Å². The van der Waals surface area contributed by atoms with Crippen LogP contribution in [-0.2, 0) is 0 Å². The minimum atomic E-state index is -0.265. The Morgan fingerprint density at radius 2 is 2.39 bits per heavy atom. The molecule has 0 spiro atoms. The van der Waals surface area contributed by atoms with E-state index in [1.54, 1.807) is 24.8 Å². The SMILES string of the molecule is COc1csc(C(=O)N[C@@H](C)c2ncc(C)o2)c1. The number of oxazole rings is 1. The Bertz CT molecular complexity index is 547. The molecule has 5 nitrogen and oxygen atoms in total. The van der Waals surface area contributed by atoms with Gasteiger partial charge in [0.15, 0.2) is 0 Å². The fourth-order valence-corrected chi connectivity index (χ4v) is 2.20. The lowest BCUT2D eigenvalue weighted by atomic mass is 10.3. The molecule has 96 valence electrons. The largest absolute Gasteiger partial charge is 0.496 e. The molecule has 2 aromatic rings. The Hall–Kier alpha value is -1.82. The van der Waals surface area contributed by atoms with Crippen LogP contribution in [0.5, 0.6) is 5.75 Å². The number of amides is 1. The van der Waals surface area contributed by atoms with E-state index in [1.165, 1.54) is 11.3 Å².